The van der Waals surface area contributed by atoms with Gasteiger partial charge in [0.15, 0.2) is 11.0 Å². The second-order valence-electron chi connectivity index (χ2n) is 4.11. The van der Waals surface area contributed by atoms with E-state index < -0.39 is 0 Å². The number of nitrogens with two attached hydrogens (primary N) is 1. The Kier molecular flexibility index (Phi) is 5.34. The Bertz CT molecular complexity index is 624. The van der Waals surface area contributed by atoms with Crippen LogP contribution in [0.3, 0.4) is 0 Å². The molecule has 21 heavy (non-hydrogen) atoms. The molecule has 0 aliphatic heterocycles. The van der Waals surface area contributed by atoms with Crippen molar-refractivity contribution in [2.75, 3.05) is 12.8 Å². The molecule has 2 amide bonds. The van der Waals surface area contributed by atoms with Crippen molar-refractivity contribution in [2.45, 2.75) is 18.1 Å². The van der Waals surface area contributed by atoms with Gasteiger partial charge in [0.2, 0.25) is 11.8 Å². The second kappa shape index (κ2) is 7.23. The molecule has 0 saturated heterocycles. The number of amides is 2. The summed E-state index contributed by atoms with van der Waals surface area (Å²) >= 11 is 2.82. The molecule has 2 aromatic rings. The molecule has 0 radical (unpaired) electrons. The molecule has 112 valence electrons. The summed E-state index contributed by atoms with van der Waals surface area (Å²) in [5.74, 6) is 0.450. The van der Waals surface area contributed by atoms with Crippen LogP contribution >= 0.6 is 23.1 Å². The molecule has 2 heterocycles. The molecule has 0 unspecified atom stereocenters. The first kappa shape index (κ1) is 15.5. The summed E-state index contributed by atoms with van der Waals surface area (Å²) in [7, 11) is 1.58. The zero-order valence-corrected chi connectivity index (χ0v) is 13.0. The van der Waals surface area contributed by atoms with E-state index in [-0.39, 0.29) is 24.0 Å². The number of carbonyl (C=O) groups is 2. The van der Waals surface area contributed by atoms with Crippen molar-refractivity contribution < 1.29 is 9.59 Å². The highest BCUT2D eigenvalue weighted by Gasteiger charge is 2.16. The molecule has 9 heteroatoms. The van der Waals surface area contributed by atoms with Gasteiger partial charge in [-0.2, -0.15) is 0 Å². The van der Waals surface area contributed by atoms with E-state index in [0.29, 0.717) is 17.5 Å². The number of rotatable bonds is 7. The number of thiophene rings is 1. The number of aromatic nitrogens is 3. The monoisotopic (exact) mass is 325 g/mol. The van der Waals surface area contributed by atoms with Crippen LogP contribution in [0.1, 0.15) is 6.42 Å². The van der Waals surface area contributed by atoms with Crippen LogP contribution < -0.4 is 11.1 Å². The van der Waals surface area contributed by atoms with E-state index in [0.717, 1.165) is 4.88 Å². The zero-order chi connectivity index (χ0) is 15.2. The number of nitrogens with one attached hydrogen (secondary N) is 1. The lowest BCUT2D eigenvalue weighted by Gasteiger charge is -2.07. The zero-order valence-electron chi connectivity index (χ0n) is 11.4. The molecule has 2 aromatic heterocycles. The van der Waals surface area contributed by atoms with Crippen molar-refractivity contribution in [3.05, 3.63) is 17.5 Å². The molecule has 3 N–H and O–H groups in total. The molecule has 0 saturated carbocycles. The van der Waals surface area contributed by atoms with Gasteiger partial charge in [-0.1, -0.05) is 17.8 Å². The van der Waals surface area contributed by atoms with Crippen molar-refractivity contribution in [2.24, 2.45) is 5.73 Å². The Balaban J connectivity index is 2.23. The third-order valence-electron chi connectivity index (χ3n) is 2.65. The number of carbonyl (C=O) groups excluding carboxylic acids is 2. The van der Waals surface area contributed by atoms with Gasteiger partial charge in [0.1, 0.15) is 0 Å². The van der Waals surface area contributed by atoms with E-state index in [9.17, 15) is 9.59 Å². The molecule has 0 spiro atoms. The van der Waals surface area contributed by atoms with Crippen molar-refractivity contribution in [1.82, 2.24) is 20.1 Å². The highest BCUT2D eigenvalue weighted by atomic mass is 32.2. The van der Waals surface area contributed by atoms with E-state index in [1.807, 2.05) is 22.1 Å². The minimum atomic E-state index is -0.386. The van der Waals surface area contributed by atoms with Crippen molar-refractivity contribution in [1.29, 1.82) is 0 Å². The van der Waals surface area contributed by atoms with Gasteiger partial charge in [0.05, 0.1) is 10.6 Å². The summed E-state index contributed by atoms with van der Waals surface area (Å²) in [6.07, 6.45) is 0.198. The molecule has 0 aromatic carbocycles. The highest BCUT2D eigenvalue weighted by molar-refractivity contribution is 7.99. The minimum Gasteiger partial charge on any atom is -0.370 e. The molecule has 7 nitrogen and oxygen atoms in total. The first-order valence-electron chi connectivity index (χ1n) is 6.20. The van der Waals surface area contributed by atoms with Crippen LogP contribution in [-0.4, -0.2) is 39.4 Å². The van der Waals surface area contributed by atoms with Crippen LogP contribution in [0.2, 0.25) is 0 Å². The summed E-state index contributed by atoms with van der Waals surface area (Å²) in [5.41, 5.74) is 5.21. The Morgan fingerprint density at radius 1 is 1.48 bits per heavy atom. The molecular formula is C12H15N5O2S2. The summed E-state index contributed by atoms with van der Waals surface area (Å²) in [6.45, 7) is 0.394. The van der Waals surface area contributed by atoms with E-state index in [1.54, 1.807) is 7.05 Å². The lowest BCUT2D eigenvalue weighted by atomic mass is 10.4. The minimum absolute atomic E-state index is 0.0953. The Hall–Kier alpha value is -1.87. The van der Waals surface area contributed by atoms with E-state index in [2.05, 4.69) is 15.5 Å². The van der Waals surface area contributed by atoms with Gasteiger partial charge in [-0.05, 0) is 11.4 Å². The van der Waals surface area contributed by atoms with Gasteiger partial charge in [-0.15, -0.1) is 21.5 Å². The maximum Gasteiger partial charge on any atom is 0.230 e. The highest BCUT2D eigenvalue weighted by Crippen LogP contribution is 2.27. The summed E-state index contributed by atoms with van der Waals surface area (Å²) in [4.78, 5) is 23.3. The number of hydrogen-bond acceptors (Lipinski definition) is 6. The predicted octanol–water partition coefficient (Wildman–Crippen LogP) is 0.720. The van der Waals surface area contributed by atoms with Crippen LogP contribution in [0.25, 0.3) is 10.7 Å². The Labute approximate surface area is 129 Å². The second-order valence-corrected chi connectivity index (χ2v) is 6.00. The number of thioether (sulfide) groups is 1. The van der Waals surface area contributed by atoms with Gasteiger partial charge < -0.3 is 15.6 Å². The average Bonchev–Trinajstić information content (AvgIpc) is 3.11. The smallest absolute Gasteiger partial charge is 0.230 e. The first-order valence-corrected chi connectivity index (χ1v) is 8.07. The third kappa shape index (κ3) is 4.05. The van der Waals surface area contributed by atoms with Gasteiger partial charge in [0, 0.05) is 20.0 Å². The molecule has 0 aliphatic carbocycles. The van der Waals surface area contributed by atoms with Gasteiger partial charge in [-0.25, -0.2) is 0 Å². The van der Waals surface area contributed by atoms with E-state index >= 15 is 0 Å². The predicted molar refractivity (Wildman–Crippen MR) is 81.9 cm³/mol. The lowest BCUT2D eigenvalue weighted by molar-refractivity contribution is -0.119. The molecule has 2 rings (SSSR count). The van der Waals surface area contributed by atoms with E-state index in [4.69, 9.17) is 5.73 Å². The SMILES string of the molecule is CNC(=O)CSc1nnc(-c2cccs2)n1CCC(N)=O. The van der Waals surface area contributed by atoms with E-state index in [1.165, 1.54) is 23.1 Å². The van der Waals surface area contributed by atoms with Crippen LogP contribution in [0.4, 0.5) is 0 Å². The molecule has 0 fully saturated rings. The Morgan fingerprint density at radius 2 is 2.29 bits per heavy atom. The van der Waals surface area contributed by atoms with Crippen LogP contribution in [0, 0.1) is 0 Å². The van der Waals surface area contributed by atoms with Crippen LogP contribution in [0.5, 0.6) is 0 Å². The summed E-state index contributed by atoms with van der Waals surface area (Å²) < 4.78 is 1.82. The fourth-order valence-corrected chi connectivity index (χ4v) is 3.16. The number of hydrogen-bond donors (Lipinski definition) is 2. The summed E-state index contributed by atoms with van der Waals surface area (Å²) in [6, 6.07) is 3.85. The lowest BCUT2D eigenvalue weighted by Crippen LogP contribution is -2.20. The van der Waals surface area contributed by atoms with Crippen LogP contribution in [-0.2, 0) is 16.1 Å². The van der Waals surface area contributed by atoms with Crippen molar-refractivity contribution in [3.63, 3.8) is 0 Å². The fraction of sp³-hybridized carbons (Fsp3) is 0.333. The summed E-state index contributed by atoms with van der Waals surface area (Å²) in [5, 5.41) is 13.4. The first-order chi connectivity index (χ1) is 10.1. The topological polar surface area (TPSA) is 103 Å². The normalized spacial score (nSPS) is 10.5. The van der Waals surface area contributed by atoms with Gasteiger partial charge in [-0.3, -0.25) is 9.59 Å². The fourth-order valence-electron chi connectivity index (χ4n) is 1.61. The standard InChI is InChI=1S/C12H15N5O2S2/c1-14-10(19)7-21-12-16-15-11(8-3-2-6-20-8)17(12)5-4-9(13)18/h2-3,6H,4-5,7H2,1H3,(H2,13,18)(H,14,19). The Morgan fingerprint density at radius 3 is 2.90 bits per heavy atom. The van der Waals surface area contributed by atoms with Gasteiger partial charge in [0.25, 0.3) is 0 Å². The maximum atomic E-state index is 11.3. The third-order valence-corrected chi connectivity index (χ3v) is 4.48. The molecule has 0 bridgehead atoms. The largest absolute Gasteiger partial charge is 0.370 e. The average molecular weight is 325 g/mol. The van der Waals surface area contributed by atoms with Crippen molar-refractivity contribution >= 4 is 34.9 Å². The molecule has 0 aliphatic rings. The maximum absolute atomic E-state index is 11.3. The molecular weight excluding hydrogens is 310 g/mol. The van der Waals surface area contributed by atoms with Crippen molar-refractivity contribution in [3.8, 4) is 10.7 Å². The quantitative estimate of drug-likeness (QED) is 0.730. The number of nitrogens with zero attached hydrogens (tertiary/aromatic N) is 3. The van der Waals surface area contributed by atoms with Gasteiger partial charge >= 0.3 is 0 Å². The molecule has 0 atom stereocenters. The number of primary amides is 1. The van der Waals surface area contributed by atoms with Crippen LogP contribution in [0.15, 0.2) is 22.7 Å².